The molecule has 0 atom stereocenters. The molecule has 212 valence electrons. The number of rotatable bonds is 6. The van der Waals surface area contributed by atoms with E-state index in [2.05, 4.69) is 70.3 Å². The number of H-pyrrole nitrogens is 1. The van der Waals surface area contributed by atoms with Gasteiger partial charge in [0.05, 0.1) is 5.52 Å². The number of aromatic nitrogens is 2. The highest BCUT2D eigenvalue weighted by molar-refractivity contribution is 5.98. The molecule has 1 aromatic carbocycles. The third kappa shape index (κ3) is 6.54. The topological polar surface area (TPSA) is 81.6 Å². The van der Waals surface area contributed by atoms with Gasteiger partial charge in [-0.15, -0.1) is 0 Å². The van der Waals surface area contributed by atoms with Crippen molar-refractivity contribution in [2.24, 2.45) is 0 Å². The van der Waals surface area contributed by atoms with Gasteiger partial charge in [-0.2, -0.15) is 0 Å². The fourth-order valence-corrected chi connectivity index (χ4v) is 5.63. The van der Waals surface area contributed by atoms with E-state index in [-0.39, 0.29) is 18.0 Å². The SMILES string of the molecule is CCc1c(C)c(C(=O)NCc2c(C)cc(C)[nH]c2=O)cc2c(-c3ccccc3)ccn12.CN(C)C1CCNCC1. The van der Waals surface area contributed by atoms with E-state index in [0.29, 0.717) is 11.1 Å². The average Bonchev–Trinajstić information content (AvgIpc) is 3.37. The fraction of sp³-hybridized carbons (Fsp3) is 0.394. The number of aromatic amines is 1. The number of piperidine rings is 1. The van der Waals surface area contributed by atoms with Crippen LogP contribution < -0.4 is 16.2 Å². The molecule has 0 radical (unpaired) electrons. The van der Waals surface area contributed by atoms with Crippen molar-refractivity contribution < 1.29 is 4.79 Å². The van der Waals surface area contributed by atoms with Crippen molar-refractivity contribution in [3.63, 3.8) is 0 Å². The number of aryl methyl sites for hydroxylation is 3. The number of hydrogen-bond acceptors (Lipinski definition) is 4. The summed E-state index contributed by atoms with van der Waals surface area (Å²) in [4.78, 5) is 30.6. The summed E-state index contributed by atoms with van der Waals surface area (Å²) < 4.78 is 2.17. The standard InChI is InChI=1S/C26H27N3O2.C7H16N2/c1-5-23-18(4)21(25(30)27-15-22-16(2)13-17(3)28-26(22)31)14-24-20(11-12-29(23)24)19-9-7-6-8-10-19;1-9(2)7-3-5-8-6-4-7/h6-14H,5,15H2,1-4H3,(H,27,30)(H,28,31);7-8H,3-6H2,1-2H3. The van der Waals surface area contributed by atoms with Crippen molar-refractivity contribution in [2.45, 2.75) is 59.5 Å². The van der Waals surface area contributed by atoms with E-state index >= 15 is 0 Å². The van der Waals surface area contributed by atoms with E-state index in [1.54, 1.807) is 0 Å². The Bertz CT molecular complexity index is 1510. The highest BCUT2D eigenvalue weighted by Crippen LogP contribution is 2.29. The molecule has 0 spiro atoms. The van der Waals surface area contributed by atoms with Gasteiger partial charge in [0.15, 0.2) is 0 Å². The summed E-state index contributed by atoms with van der Waals surface area (Å²) in [7, 11) is 4.33. The first kappa shape index (κ1) is 29.3. The lowest BCUT2D eigenvalue weighted by Gasteiger charge is -2.28. The van der Waals surface area contributed by atoms with E-state index in [1.807, 2.05) is 51.1 Å². The molecule has 0 unspecified atom stereocenters. The van der Waals surface area contributed by atoms with Gasteiger partial charge in [-0.3, -0.25) is 9.59 Å². The zero-order valence-electron chi connectivity index (χ0n) is 24.7. The van der Waals surface area contributed by atoms with Crippen molar-refractivity contribution >= 4 is 11.4 Å². The number of nitrogens with zero attached hydrogens (tertiary/aromatic N) is 2. The summed E-state index contributed by atoms with van der Waals surface area (Å²) in [6, 6.07) is 17.0. The quantitative estimate of drug-likeness (QED) is 0.321. The van der Waals surface area contributed by atoms with E-state index < -0.39 is 0 Å². The second-order valence-electron chi connectivity index (χ2n) is 10.9. The Kier molecular flexibility index (Phi) is 9.61. The molecule has 4 heterocycles. The Balaban J connectivity index is 0.000000350. The van der Waals surface area contributed by atoms with Gasteiger partial charge in [-0.1, -0.05) is 37.3 Å². The first-order valence-electron chi connectivity index (χ1n) is 14.2. The molecule has 5 rings (SSSR count). The van der Waals surface area contributed by atoms with Crippen molar-refractivity contribution in [3.05, 3.63) is 98.7 Å². The lowest BCUT2D eigenvalue weighted by molar-refractivity contribution is 0.0950. The Labute approximate surface area is 237 Å². The molecule has 1 aliphatic heterocycles. The molecule has 1 aliphatic rings. The van der Waals surface area contributed by atoms with Crippen molar-refractivity contribution in [1.82, 2.24) is 24.9 Å². The van der Waals surface area contributed by atoms with E-state index in [1.165, 1.54) is 25.9 Å². The predicted octanol–water partition coefficient (Wildman–Crippen LogP) is 5.01. The number of carbonyl (C=O) groups is 1. The van der Waals surface area contributed by atoms with Crippen LogP contribution in [0.25, 0.3) is 16.6 Å². The molecule has 3 N–H and O–H groups in total. The highest BCUT2D eigenvalue weighted by atomic mass is 16.1. The van der Waals surface area contributed by atoms with Crippen LogP contribution in [0.1, 0.15) is 58.2 Å². The van der Waals surface area contributed by atoms with Gasteiger partial charge in [0, 0.05) is 46.9 Å². The summed E-state index contributed by atoms with van der Waals surface area (Å²) in [6.45, 7) is 10.4. The fourth-order valence-electron chi connectivity index (χ4n) is 5.63. The number of nitrogens with one attached hydrogen (secondary N) is 3. The molecule has 1 fully saturated rings. The monoisotopic (exact) mass is 541 g/mol. The van der Waals surface area contributed by atoms with Gasteiger partial charge in [0.1, 0.15) is 0 Å². The third-order valence-corrected chi connectivity index (χ3v) is 7.96. The Hall–Kier alpha value is -3.68. The second kappa shape index (κ2) is 13.1. The van der Waals surface area contributed by atoms with E-state index in [9.17, 15) is 9.59 Å². The summed E-state index contributed by atoms with van der Waals surface area (Å²) >= 11 is 0. The molecule has 0 saturated carbocycles. The molecule has 4 aromatic rings. The molecule has 3 aromatic heterocycles. The summed E-state index contributed by atoms with van der Waals surface area (Å²) in [5.41, 5.74) is 8.03. The molecule has 0 bridgehead atoms. The maximum absolute atomic E-state index is 13.2. The van der Waals surface area contributed by atoms with Crippen LogP contribution in [0.2, 0.25) is 0 Å². The molecule has 0 aliphatic carbocycles. The minimum atomic E-state index is -0.172. The van der Waals surface area contributed by atoms with Crippen LogP contribution in [-0.2, 0) is 13.0 Å². The Morgan fingerprint density at radius 3 is 2.35 bits per heavy atom. The maximum atomic E-state index is 13.2. The number of pyridine rings is 2. The van der Waals surface area contributed by atoms with Gasteiger partial charge in [0.2, 0.25) is 0 Å². The highest BCUT2D eigenvalue weighted by Gasteiger charge is 2.18. The van der Waals surface area contributed by atoms with Crippen LogP contribution in [0.5, 0.6) is 0 Å². The number of benzene rings is 1. The predicted molar refractivity (Wildman–Crippen MR) is 164 cm³/mol. The number of amides is 1. The smallest absolute Gasteiger partial charge is 0.253 e. The van der Waals surface area contributed by atoms with Crippen LogP contribution in [-0.4, -0.2) is 53.4 Å². The Morgan fingerprint density at radius 1 is 1.05 bits per heavy atom. The van der Waals surface area contributed by atoms with Crippen molar-refractivity contribution in [1.29, 1.82) is 0 Å². The van der Waals surface area contributed by atoms with Crippen molar-refractivity contribution in [3.8, 4) is 11.1 Å². The second-order valence-corrected chi connectivity index (χ2v) is 10.9. The largest absolute Gasteiger partial charge is 0.348 e. The molecule has 7 heteroatoms. The molecule has 7 nitrogen and oxygen atoms in total. The maximum Gasteiger partial charge on any atom is 0.253 e. The first-order chi connectivity index (χ1) is 19.2. The van der Waals surface area contributed by atoms with E-state index in [0.717, 1.165) is 51.6 Å². The van der Waals surface area contributed by atoms with Gasteiger partial charge in [-0.25, -0.2) is 0 Å². The van der Waals surface area contributed by atoms with Crippen LogP contribution >= 0.6 is 0 Å². The van der Waals surface area contributed by atoms with Gasteiger partial charge >= 0.3 is 0 Å². The number of fused-ring (bicyclic) bond motifs is 1. The molecule has 40 heavy (non-hydrogen) atoms. The van der Waals surface area contributed by atoms with Crippen molar-refractivity contribution in [2.75, 3.05) is 27.2 Å². The molecule has 1 saturated heterocycles. The number of hydrogen-bond donors (Lipinski definition) is 3. The zero-order chi connectivity index (χ0) is 28.8. The zero-order valence-corrected chi connectivity index (χ0v) is 24.7. The van der Waals surface area contributed by atoms with Gasteiger partial charge < -0.3 is 24.9 Å². The van der Waals surface area contributed by atoms with Crippen LogP contribution in [0, 0.1) is 20.8 Å². The normalized spacial score (nSPS) is 13.8. The minimum Gasteiger partial charge on any atom is -0.348 e. The summed E-state index contributed by atoms with van der Waals surface area (Å²) in [6.07, 6.45) is 5.50. The van der Waals surface area contributed by atoms with Crippen LogP contribution in [0.3, 0.4) is 0 Å². The van der Waals surface area contributed by atoms with Crippen LogP contribution in [0.4, 0.5) is 0 Å². The molecule has 1 amide bonds. The molecular formula is C33H43N5O2. The first-order valence-corrected chi connectivity index (χ1v) is 14.2. The van der Waals surface area contributed by atoms with Crippen LogP contribution in [0.15, 0.2) is 59.5 Å². The Morgan fingerprint density at radius 2 is 1.75 bits per heavy atom. The lowest BCUT2D eigenvalue weighted by atomic mass is 10.0. The number of carbonyl (C=O) groups excluding carboxylic acids is 1. The average molecular weight is 542 g/mol. The lowest BCUT2D eigenvalue weighted by Crippen LogP contribution is -2.39. The van der Waals surface area contributed by atoms with Gasteiger partial charge in [0.25, 0.3) is 11.5 Å². The minimum absolute atomic E-state index is 0.155. The summed E-state index contributed by atoms with van der Waals surface area (Å²) in [5, 5.41) is 6.30. The molecular weight excluding hydrogens is 498 g/mol. The third-order valence-electron chi connectivity index (χ3n) is 7.96. The summed E-state index contributed by atoms with van der Waals surface area (Å²) in [5.74, 6) is -0.172. The van der Waals surface area contributed by atoms with E-state index in [4.69, 9.17) is 0 Å². The van der Waals surface area contributed by atoms with Gasteiger partial charge in [-0.05, 0) is 102 Å².